The van der Waals surface area contributed by atoms with E-state index in [1.54, 1.807) is 22.3 Å². The van der Waals surface area contributed by atoms with Crippen LogP contribution < -0.4 is 4.90 Å². The summed E-state index contributed by atoms with van der Waals surface area (Å²) in [5, 5.41) is 0.736. The molecule has 1 aromatic heterocycles. The maximum atomic E-state index is 13.3. The van der Waals surface area contributed by atoms with Crippen molar-refractivity contribution >= 4 is 32.4 Å². The minimum atomic E-state index is -3.28. The summed E-state index contributed by atoms with van der Waals surface area (Å²) in [5.41, 5.74) is 1.12. The van der Waals surface area contributed by atoms with Crippen LogP contribution in [0, 0.1) is 5.92 Å². The zero-order chi connectivity index (χ0) is 19.4. The third-order valence-electron chi connectivity index (χ3n) is 5.23. The number of sulfonamides is 1. The third-order valence-corrected chi connectivity index (χ3v) is 8.45. The molecule has 27 heavy (non-hydrogen) atoms. The Kier molecular flexibility index (Phi) is 6.70. The van der Waals surface area contributed by atoms with E-state index in [4.69, 9.17) is 4.98 Å². The molecule has 1 saturated heterocycles. The molecule has 1 aliphatic heterocycles. The quantitative estimate of drug-likeness (QED) is 0.647. The van der Waals surface area contributed by atoms with Gasteiger partial charge in [0.05, 0.1) is 17.4 Å². The van der Waals surface area contributed by atoms with E-state index < -0.39 is 10.0 Å². The van der Waals surface area contributed by atoms with Crippen LogP contribution in [0.5, 0.6) is 0 Å². The number of aryl methyl sites for hydroxylation is 2. The molecule has 3 rings (SSSR count). The van der Waals surface area contributed by atoms with Gasteiger partial charge in [-0.25, -0.2) is 17.7 Å². The highest BCUT2D eigenvalue weighted by molar-refractivity contribution is 7.89. The van der Waals surface area contributed by atoms with Crippen LogP contribution in [-0.4, -0.2) is 49.0 Å². The van der Waals surface area contributed by atoms with Gasteiger partial charge >= 0.3 is 0 Å². The number of nitrogens with zero attached hydrogens (tertiary/aromatic N) is 3. The number of piperidine rings is 1. The lowest BCUT2D eigenvalue weighted by Gasteiger charge is -2.33. The molecule has 0 aromatic carbocycles. The van der Waals surface area contributed by atoms with Gasteiger partial charge in [0, 0.05) is 24.5 Å². The van der Waals surface area contributed by atoms with Crippen LogP contribution in [0.3, 0.4) is 0 Å². The number of amides is 1. The summed E-state index contributed by atoms with van der Waals surface area (Å²) in [7, 11) is -3.28. The second kappa shape index (κ2) is 8.84. The van der Waals surface area contributed by atoms with Crippen molar-refractivity contribution in [2.24, 2.45) is 5.92 Å². The number of anilines is 1. The van der Waals surface area contributed by atoms with Crippen molar-refractivity contribution in [3.63, 3.8) is 0 Å². The zero-order valence-electron chi connectivity index (χ0n) is 16.0. The van der Waals surface area contributed by atoms with Gasteiger partial charge in [0.1, 0.15) is 0 Å². The number of aromatic nitrogens is 1. The van der Waals surface area contributed by atoms with E-state index in [9.17, 15) is 13.2 Å². The SMILES string of the molecule is C=CCN(C(=O)C1CCCN(S(=O)(=O)CCC)C1)c1nc2c(s1)CCCC2. The van der Waals surface area contributed by atoms with Crippen LogP contribution in [0.25, 0.3) is 0 Å². The van der Waals surface area contributed by atoms with Crippen LogP contribution in [0.1, 0.15) is 49.6 Å². The minimum absolute atomic E-state index is 0.0302. The fourth-order valence-electron chi connectivity index (χ4n) is 3.85. The topological polar surface area (TPSA) is 70.6 Å². The van der Waals surface area contributed by atoms with Crippen molar-refractivity contribution in [3.8, 4) is 0 Å². The van der Waals surface area contributed by atoms with Crippen molar-refractivity contribution in [3.05, 3.63) is 23.2 Å². The third kappa shape index (κ3) is 4.60. The van der Waals surface area contributed by atoms with E-state index in [2.05, 4.69) is 6.58 Å². The van der Waals surface area contributed by atoms with Crippen molar-refractivity contribution in [1.82, 2.24) is 9.29 Å². The van der Waals surface area contributed by atoms with E-state index in [0.717, 1.165) is 42.9 Å². The molecule has 1 unspecified atom stereocenters. The summed E-state index contributed by atoms with van der Waals surface area (Å²) in [6.07, 6.45) is 8.09. The Labute approximate surface area is 166 Å². The summed E-state index contributed by atoms with van der Waals surface area (Å²) in [4.78, 5) is 21.0. The van der Waals surface area contributed by atoms with Crippen molar-refractivity contribution < 1.29 is 13.2 Å². The Bertz CT molecular complexity index is 765. The highest BCUT2D eigenvalue weighted by atomic mass is 32.2. The molecule has 1 aliphatic carbocycles. The predicted octanol–water partition coefficient (Wildman–Crippen LogP) is 2.99. The molecule has 1 amide bonds. The maximum Gasteiger partial charge on any atom is 0.233 e. The summed E-state index contributed by atoms with van der Waals surface area (Å²) in [6, 6.07) is 0. The molecule has 2 aliphatic rings. The first-order valence-electron chi connectivity index (χ1n) is 9.85. The van der Waals surface area contributed by atoms with Gasteiger partial charge in [-0.3, -0.25) is 9.69 Å². The number of hydrogen-bond donors (Lipinski definition) is 0. The Morgan fingerprint density at radius 2 is 2.15 bits per heavy atom. The lowest BCUT2D eigenvalue weighted by atomic mass is 9.98. The number of rotatable bonds is 7. The summed E-state index contributed by atoms with van der Waals surface area (Å²) in [5.74, 6) is -0.201. The summed E-state index contributed by atoms with van der Waals surface area (Å²) >= 11 is 1.60. The molecule has 0 saturated carbocycles. The highest BCUT2D eigenvalue weighted by Crippen LogP contribution is 2.33. The molecule has 2 heterocycles. The van der Waals surface area contributed by atoms with Crippen LogP contribution in [-0.2, 0) is 27.7 Å². The Morgan fingerprint density at radius 1 is 1.37 bits per heavy atom. The monoisotopic (exact) mass is 411 g/mol. The van der Waals surface area contributed by atoms with Gasteiger partial charge < -0.3 is 0 Å². The molecule has 0 bridgehead atoms. The molecule has 0 spiro atoms. The molecular weight excluding hydrogens is 382 g/mol. The first kappa shape index (κ1) is 20.5. The molecule has 0 radical (unpaired) electrons. The Morgan fingerprint density at radius 3 is 2.85 bits per heavy atom. The van der Waals surface area contributed by atoms with Crippen LogP contribution in [0.2, 0.25) is 0 Å². The standard InChI is InChI=1S/C19H29N3O3S2/c1-3-11-22(19-20-16-9-5-6-10-17(16)26-19)18(23)15-8-7-12-21(14-15)27(24,25)13-4-2/h3,15H,1,4-14H2,2H3. The first-order chi connectivity index (χ1) is 13.0. The lowest BCUT2D eigenvalue weighted by molar-refractivity contribution is -0.123. The average Bonchev–Trinajstić information content (AvgIpc) is 3.09. The van der Waals surface area contributed by atoms with Crippen LogP contribution >= 0.6 is 11.3 Å². The highest BCUT2D eigenvalue weighted by Gasteiger charge is 2.35. The molecule has 1 fully saturated rings. The number of carbonyl (C=O) groups is 1. The van der Waals surface area contributed by atoms with Crippen molar-refractivity contribution in [1.29, 1.82) is 0 Å². The smallest absolute Gasteiger partial charge is 0.233 e. The van der Waals surface area contributed by atoms with Gasteiger partial charge in [0.15, 0.2) is 5.13 Å². The molecule has 150 valence electrons. The van der Waals surface area contributed by atoms with Gasteiger partial charge in [-0.05, 0) is 44.9 Å². The largest absolute Gasteiger partial charge is 0.284 e. The van der Waals surface area contributed by atoms with Crippen LogP contribution in [0.15, 0.2) is 12.7 Å². The van der Waals surface area contributed by atoms with E-state index in [1.165, 1.54) is 15.6 Å². The van der Waals surface area contributed by atoms with Crippen molar-refractivity contribution in [2.45, 2.75) is 51.9 Å². The fraction of sp³-hybridized carbons (Fsp3) is 0.684. The van der Waals surface area contributed by atoms with E-state index in [1.807, 2.05) is 6.92 Å². The van der Waals surface area contributed by atoms with Gasteiger partial charge in [-0.2, -0.15) is 0 Å². The maximum absolute atomic E-state index is 13.3. The number of carbonyl (C=O) groups excluding carboxylic acids is 1. The Balaban J connectivity index is 1.78. The van der Waals surface area contributed by atoms with Gasteiger partial charge in [0.2, 0.25) is 15.9 Å². The van der Waals surface area contributed by atoms with Gasteiger partial charge in [-0.1, -0.05) is 13.0 Å². The molecule has 1 aromatic rings. The normalized spacial score (nSPS) is 20.9. The molecule has 8 heteroatoms. The number of hydrogen-bond acceptors (Lipinski definition) is 5. The predicted molar refractivity (Wildman–Crippen MR) is 110 cm³/mol. The van der Waals surface area contributed by atoms with E-state index >= 15 is 0 Å². The molecule has 0 N–H and O–H groups in total. The van der Waals surface area contributed by atoms with Crippen LogP contribution in [0.4, 0.5) is 5.13 Å². The molecular formula is C19H29N3O3S2. The fourth-order valence-corrected chi connectivity index (χ4v) is 6.60. The van der Waals surface area contributed by atoms with E-state index in [-0.39, 0.29) is 24.1 Å². The Hall–Kier alpha value is -1.25. The zero-order valence-corrected chi connectivity index (χ0v) is 17.7. The summed E-state index contributed by atoms with van der Waals surface area (Å²) in [6.45, 7) is 6.85. The summed E-state index contributed by atoms with van der Waals surface area (Å²) < 4.78 is 26.4. The lowest BCUT2D eigenvalue weighted by Crippen LogP contribution is -2.47. The first-order valence-corrected chi connectivity index (χ1v) is 12.3. The van der Waals surface area contributed by atoms with Gasteiger partial charge in [-0.15, -0.1) is 17.9 Å². The molecule has 1 atom stereocenters. The van der Waals surface area contributed by atoms with Gasteiger partial charge in [0.25, 0.3) is 0 Å². The molecule has 6 nitrogen and oxygen atoms in total. The second-order valence-electron chi connectivity index (χ2n) is 7.32. The van der Waals surface area contributed by atoms with E-state index in [0.29, 0.717) is 19.5 Å². The average molecular weight is 412 g/mol. The number of thiazole rings is 1. The number of fused-ring (bicyclic) bond motifs is 1. The second-order valence-corrected chi connectivity index (χ2v) is 10.5. The van der Waals surface area contributed by atoms with Crippen molar-refractivity contribution in [2.75, 3.05) is 30.3 Å². The minimum Gasteiger partial charge on any atom is -0.284 e.